The van der Waals surface area contributed by atoms with E-state index in [9.17, 15) is 9.59 Å². The van der Waals surface area contributed by atoms with E-state index in [2.05, 4.69) is 29.2 Å². The van der Waals surface area contributed by atoms with Gasteiger partial charge in [0, 0.05) is 45.6 Å². The second kappa shape index (κ2) is 10.2. The molecule has 1 saturated heterocycles. The summed E-state index contributed by atoms with van der Waals surface area (Å²) in [7, 11) is 1.67. The van der Waals surface area contributed by atoms with Crippen LogP contribution in [0.25, 0.3) is 0 Å². The van der Waals surface area contributed by atoms with E-state index in [1.165, 1.54) is 24.0 Å². The van der Waals surface area contributed by atoms with Crippen LogP contribution in [0.2, 0.25) is 0 Å². The fourth-order valence-electron chi connectivity index (χ4n) is 4.64. The largest absolute Gasteiger partial charge is 0.383 e. The minimum Gasteiger partial charge on any atom is -0.383 e. The Balaban J connectivity index is 1.56. The van der Waals surface area contributed by atoms with Crippen molar-refractivity contribution in [1.82, 2.24) is 9.80 Å². The molecule has 0 unspecified atom stereocenters. The third-order valence-corrected chi connectivity index (χ3v) is 6.18. The van der Waals surface area contributed by atoms with E-state index in [4.69, 9.17) is 4.74 Å². The number of ketones is 1. The predicted octanol–water partition coefficient (Wildman–Crippen LogP) is 2.71. The summed E-state index contributed by atoms with van der Waals surface area (Å²) in [6.07, 6.45) is 5.30. The molecule has 28 heavy (non-hydrogen) atoms. The van der Waals surface area contributed by atoms with E-state index in [-0.39, 0.29) is 11.7 Å². The summed E-state index contributed by atoms with van der Waals surface area (Å²) in [5, 5.41) is 0. The molecule has 3 rings (SSSR count). The summed E-state index contributed by atoms with van der Waals surface area (Å²) in [4.78, 5) is 28.4. The molecule has 0 saturated carbocycles. The molecule has 1 aromatic rings. The molecule has 1 aromatic carbocycles. The number of fused-ring (bicyclic) bond motifs is 1. The number of methoxy groups -OCH3 is 1. The van der Waals surface area contributed by atoms with Crippen LogP contribution in [0.5, 0.6) is 0 Å². The number of rotatable bonds is 9. The zero-order chi connectivity index (χ0) is 19.9. The van der Waals surface area contributed by atoms with Gasteiger partial charge in [0.05, 0.1) is 6.61 Å². The van der Waals surface area contributed by atoms with E-state index in [0.717, 1.165) is 32.5 Å². The van der Waals surface area contributed by atoms with Gasteiger partial charge in [0.2, 0.25) is 5.91 Å². The van der Waals surface area contributed by atoms with Gasteiger partial charge in [-0.15, -0.1) is 0 Å². The Labute approximate surface area is 169 Å². The van der Waals surface area contributed by atoms with Crippen LogP contribution in [0.4, 0.5) is 0 Å². The standard InChI is InChI=1S/C23H34N2O3/c1-18(26)9-10-23(27)25(12-13-28-2)17-19-6-5-11-24(16-19)22-14-20-7-3-4-8-21(20)15-22/h3-4,7-8,19,22H,5-6,9-17H2,1-2H3/t19-/m0/s1. The van der Waals surface area contributed by atoms with Crippen molar-refractivity contribution in [3.63, 3.8) is 0 Å². The van der Waals surface area contributed by atoms with Crippen molar-refractivity contribution >= 4 is 11.7 Å². The molecule has 0 bridgehead atoms. The van der Waals surface area contributed by atoms with Gasteiger partial charge in [-0.3, -0.25) is 9.69 Å². The normalized spacial score (nSPS) is 20.1. The Morgan fingerprint density at radius 3 is 2.54 bits per heavy atom. The van der Waals surface area contributed by atoms with Crippen molar-refractivity contribution in [3.8, 4) is 0 Å². The Kier molecular flexibility index (Phi) is 7.63. The SMILES string of the molecule is COCCN(C[C@H]1CCCN(C2Cc3ccccc3C2)C1)C(=O)CCC(C)=O. The molecule has 1 aliphatic heterocycles. The van der Waals surface area contributed by atoms with Gasteiger partial charge < -0.3 is 14.4 Å². The number of ether oxygens (including phenoxy) is 1. The van der Waals surface area contributed by atoms with Gasteiger partial charge in [0.25, 0.3) is 0 Å². The molecular formula is C23H34N2O3. The number of nitrogens with zero attached hydrogens (tertiary/aromatic N) is 2. The monoisotopic (exact) mass is 386 g/mol. The van der Waals surface area contributed by atoms with Gasteiger partial charge in [-0.25, -0.2) is 0 Å². The van der Waals surface area contributed by atoms with Crippen molar-refractivity contribution in [2.24, 2.45) is 5.92 Å². The molecule has 1 amide bonds. The average Bonchev–Trinajstić information content (AvgIpc) is 3.14. The first-order valence-electron chi connectivity index (χ1n) is 10.6. The van der Waals surface area contributed by atoms with Crippen LogP contribution in [-0.2, 0) is 27.2 Å². The zero-order valence-electron chi connectivity index (χ0n) is 17.4. The number of benzene rings is 1. The Hall–Kier alpha value is -1.72. The van der Waals surface area contributed by atoms with Crippen LogP contribution in [0.15, 0.2) is 24.3 Å². The lowest BCUT2D eigenvalue weighted by atomic mass is 9.95. The number of hydrogen-bond acceptors (Lipinski definition) is 4. The molecule has 0 N–H and O–H groups in total. The molecular weight excluding hydrogens is 352 g/mol. The summed E-state index contributed by atoms with van der Waals surface area (Å²) in [6.45, 7) is 5.69. The van der Waals surface area contributed by atoms with E-state index in [1.54, 1.807) is 14.0 Å². The summed E-state index contributed by atoms with van der Waals surface area (Å²) in [5.41, 5.74) is 2.99. The van der Waals surface area contributed by atoms with Crippen LogP contribution >= 0.6 is 0 Å². The number of carbonyl (C=O) groups excluding carboxylic acids is 2. The van der Waals surface area contributed by atoms with Crippen LogP contribution in [0.1, 0.15) is 43.7 Å². The highest BCUT2D eigenvalue weighted by atomic mass is 16.5. The highest BCUT2D eigenvalue weighted by molar-refractivity contribution is 5.83. The maximum Gasteiger partial charge on any atom is 0.223 e. The minimum absolute atomic E-state index is 0.0738. The summed E-state index contributed by atoms with van der Waals surface area (Å²) >= 11 is 0. The number of hydrogen-bond donors (Lipinski definition) is 0. The van der Waals surface area contributed by atoms with Gasteiger partial charge in [-0.05, 0) is 56.2 Å². The summed E-state index contributed by atoms with van der Waals surface area (Å²) < 4.78 is 5.20. The Bertz CT molecular complexity index is 651. The number of carbonyl (C=O) groups is 2. The van der Waals surface area contributed by atoms with Crippen LogP contribution in [-0.4, -0.2) is 67.4 Å². The van der Waals surface area contributed by atoms with Crippen LogP contribution in [0, 0.1) is 5.92 Å². The molecule has 1 atom stereocenters. The van der Waals surface area contributed by atoms with Crippen molar-refractivity contribution in [3.05, 3.63) is 35.4 Å². The fourth-order valence-corrected chi connectivity index (χ4v) is 4.64. The van der Waals surface area contributed by atoms with Gasteiger partial charge in [-0.2, -0.15) is 0 Å². The topological polar surface area (TPSA) is 49.9 Å². The number of likely N-dealkylation sites (tertiary alicyclic amines) is 1. The molecule has 1 aliphatic carbocycles. The first-order valence-corrected chi connectivity index (χ1v) is 10.6. The second-order valence-electron chi connectivity index (χ2n) is 8.37. The molecule has 1 heterocycles. The Morgan fingerprint density at radius 1 is 1.18 bits per heavy atom. The van der Waals surface area contributed by atoms with Gasteiger partial charge >= 0.3 is 0 Å². The van der Waals surface area contributed by atoms with E-state index in [1.807, 2.05) is 4.90 Å². The van der Waals surface area contributed by atoms with Crippen LogP contribution < -0.4 is 0 Å². The molecule has 5 heteroatoms. The quantitative estimate of drug-likeness (QED) is 0.655. The number of amides is 1. The van der Waals surface area contributed by atoms with E-state index in [0.29, 0.717) is 38.0 Å². The summed E-state index contributed by atoms with van der Waals surface area (Å²) in [5.74, 6) is 0.651. The minimum atomic E-state index is 0.0738. The molecule has 2 aliphatic rings. The average molecular weight is 387 g/mol. The first-order chi connectivity index (χ1) is 13.6. The van der Waals surface area contributed by atoms with Crippen molar-refractivity contribution in [2.45, 2.75) is 51.5 Å². The van der Waals surface area contributed by atoms with Crippen LogP contribution in [0.3, 0.4) is 0 Å². The fraction of sp³-hybridized carbons (Fsp3) is 0.652. The number of Topliss-reactive ketones (excluding diaryl/α,β-unsaturated/α-hetero) is 1. The lowest BCUT2D eigenvalue weighted by molar-refractivity contribution is -0.134. The number of piperidine rings is 1. The van der Waals surface area contributed by atoms with Gasteiger partial charge in [0.1, 0.15) is 5.78 Å². The molecule has 5 nitrogen and oxygen atoms in total. The zero-order valence-corrected chi connectivity index (χ0v) is 17.4. The van der Waals surface area contributed by atoms with Gasteiger partial charge in [0.15, 0.2) is 0 Å². The third kappa shape index (κ3) is 5.65. The molecule has 0 radical (unpaired) electrons. The summed E-state index contributed by atoms with van der Waals surface area (Å²) in [6, 6.07) is 9.40. The molecule has 154 valence electrons. The van der Waals surface area contributed by atoms with Gasteiger partial charge in [-0.1, -0.05) is 24.3 Å². The lowest BCUT2D eigenvalue weighted by Crippen LogP contribution is -2.47. The smallest absolute Gasteiger partial charge is 0.223 e. The first kappa shape index (κ1) is 21.0. The highest BCUT2D eigenvalue weighted by Gasteiger charge is 2.31. The van der Waals surface area contributed by atoms with E-state index >= 15 is 0 Å². The molecule has 0 spiro atoms. The highest BCUT2D eigenvalue weighted by Crippen LogP contribution is 2.29. The van der Waals surface area contributed by atoms with Crippen molar-refractivity contribution in [1.29, 1.82) is 0 Å². The third-order valence-electron chi connectivity index (χ3n) is 6.18. The van der Waals surface area contributed by atoms with Crippen molar-refractivity contribution < 1.29 is 14.3 Å². The lowest BCUT2D eigenvalue weighted by Gasteiger charge is -2.38. The maximum atomic E-state index is 12.6. The second-order valence-corrected chi connectivity index (χ2v) is 8.37. The molecule has 1 fully saturated rings. The van der Waals surface area contributed by atoms with E-state index < -0.39 is 0 Å². The predicted molar refractivity (Wildman–Crippen MR) is 110 cm³/mol. The maximum absolute atomic E-state index is 12.6. The Morgan fingerprint density at radius 2 is 1.89 bits per heavy atom. The molecule has 0 aromatic heterocycles. The van der Waals surface area contributed by atoms with Crippen molar-refractivity contribution in [2.75, 3.05) is 39.9 Å².